The maximum absolute atomic E-state index is 14.7. The molecule has 2 aliphatic heterocycles. The first-order valence-corrected chi connectivity index (χ1v) is 24.4. The molecule has 66 heavy (non-hydrogen) atoms. The van der Waals surface area contributed by atoms with Gasteiger partial charge in [-0.1, -0.05) is 98.1 Å². The van der Waals surface area contributed by atoms with Gasteiger partial charge in [0.2, 0.25) is 11.8 Å². The van der Waals surface area contributed by atoms with Gasteiger partial charge in [0.1, 0.15) is 5.78 Å². The molecule has 2 heterocycles. The number of aliphatic carboxylic acids is 1. The van der Waals surface area contributed by atoms with E-state index in [1.54, 1.807) is 30.9 Å². The molecule has 4 amide bonds. The molecule has 0 bridgehead atoms. The summed E-state index contributed by atoms with van der Waals surface area (Å²) in [5.74, 6) is -3.69. The second kappa shape index (κ2) is 24.7. The van der Waals surface area contributed by atoms with Crippen LogP contribution in [0.2, 0.25) is 0 Å². The number of likely N-dealkylation sites (N-methyl/N-ethyl adjacent to an activating group) is 2. The molecular formula is C52H80N4O10. The van der Waals surface area contributed by atoms with E-state index in [4.69, 9.17) is 9.47 Å². The summed E-state index contributed by atoms with van der Waals surface area (Å²) in [4.78, 5) is 100. The Morgan fingerprint density at radius 2 is 1.48 bits per heavy atom. The second-order valence-corrected chi connectivity index (χ2v) is 20.1. The van der Waals surface area contributed by atoms with Gasteiger partial charge in [-0.2, -0.15) is 0 Å². The summed E-state index contributed by atoms with van der Waals surface area (Å²) in [6.07, 6.45) is 7.04. The van der Waals surface area contributed by atoms with Crippen LogP contribution in [0.4, 0.5) is 0 Å². The maximum atomic E-state index is 14.7. The number of ether oxygens (including phenoxy) is 2. The second-order valence-electron chi connectivity index (χ2n) is 20.1. The smallest absolute Gasteiger partial charge is 0.310 e. The number of carboxylic acids is 1. The van der Waals surface area contributed by atoms with Crippen LogP contribution in [0.3, 0.4) is 0 Å². The Morgan fingerprint density at radius 3 is 2.05 bits per heavy atom. The van der Waals surface area contributed by atoms with Crippen LogP contribution in [0.25, 0.3) is 0 Å². The number of unbranched alkanes of at least 4 members (excludes halogenated alkanes) is 3. The summed E-state index contributed by atoms with van der Waals surface area (Å²) < 4.78 is 12.1. The minimum atomic E-state index is -1.16. The lowest BCUT2D eigenvalue weighted by Crippen LogP contribution is -2.54. The number of rotatable bonds is 29. The van der Waals surface area contributed by atoms with Gasteiger partial charge in [-0.3, -0.25) is 43.4 Å². The molecule has 1 aromatic carbocycles. The third-order valence-electron chi connectivity index (χ3n) is 15.1. The lowest BCUT2D eigenvalue weighted by molar-refractivity contribution is -0.150. The first-order valence-electron chi connectivity index (χ1n) is 24.4. The van der Waals surface area contributed by atoms with Crippen molar-refractivity contribution < 1.29 is 48.1 Å². The van der Waals surface area contributed by atoms with E-state index in [9.17, 15) is 38.7 Å². The Hall–Kier alpha value is -4.27. The largest absolute Gasteiger partial charge is 0.481 e. The molecule has 0 aromatic heterocycles. The fourth-order valence-electron chi connectivity index (χ4n) is 10.9. The van der Waals surface area contributed by atoms with Crippen molar-refractivity contribution in [2.24, 2.45) is 35.0 Å². The predicted molar refractivity (Wildman–Crippen MR) is 253 cm³/mol. The zero-order valence-corrected chi connectivity index (χ0v) is 41.7. The van der Waals surface area contributed by atoms with Crippen molar-refractivity contribution in [1.29, 1.82) is 0 Å². The number of carbonyl (C=O) groups is 7. The molecule has 0 unspecified atom stereocenters. The summed E-state index contributed by atoms with van der Waals surface area (Å²) in [6.45, 7) is 15.4. The summed E-state index contributed by atoms with van der Waals surface area (Å²) >= 11 is 0. The van der Waals surface area contributed by atoms with E-state index in [0.29, 0.717) is 38.9 Å². The molecule has 368 valence electrons. The van der Waals surface area contributed by atoms with Crippen LogP contribution in [0.5, 0.6) is 0 Å². The first-order chi connectivity index (χ1) is 31.3. The van der Waals surface area contributed by atoms with E-state index in [0.717, 1.165) is 37.7 Å². The lowest BCUT2D eigenvalue weighted by atomic mass is 9.83. The molecular weight excluding hydrogens is 841 g/mol. The minimum Gasteiger partial charge on any atom is -0.481 e. The van der Waals surface area contributed by atoms with Crippen molar-refractivity contribution in [3.05, 3.63) is 48.0 Å². The van der Waals surface area contributed by atoms with Gasteiger partial charge in [-0.25, -0.2) is 0 Å². The van der Waals surface area contributed by atoms with Crippen LogP contribution in [-0.4, -0.2) is 144 Å². The van der Waals surface area contributed by atoms with Crippen molar-refractivity contribution in [3.63, 3.8) is 0 Å². The molecule has 0 spiro atoms. The number of nitrogens with zero attached hydrogens (tertiary/aromatic N) is 4. The van der Waals surface area contributed by atoms with E-state index in [-0.39, 0.29) is 84.2 Å². The van der Waals surface area contributed by atoms with Crippen molar-refractivity contribution in [2.75, 3.05) is 47.9 Å². The molecule has 14 heteroatoms. The Balaban J connectivity index is 1.40. The van der Waals surface area contributed by atoms with E-state index in [1.165, 1.54) is 24.2 Å². The molecule has 1 aromatic rings. The molecule has 1 aliphatic carbocycles. The van der Waals surface area contributed by atoms with Gasteiger partial charge in [0.15, 0.2) is 5.78 Å². The Morgan fingerprint density at radius 1 is 0.848 bits per heavy atom. The SMILES string of the molecule is CC[C@H](C)[C@@H]([C@@H](CC(=O)N1CCC[C@H]1[C@H](OC)[C@@H](C)C(=O)C[C@@]1(C(=O)O)C[C@@H]1c1ccccc1)OC)N(C)C(=O)[C@@H](CC(=O)[C@H](C(C)C)N(C)CCCCCCN1C(=O)C=CC1=O)C(C)C. The molecule has 1 saturated carbocycles. The van der Waals surface area contributed by atoms with Gasteiger partial charge in [0.05, 0.1) is 42.2 Å². The summed E-state index contributed by atoms with van der Waals surface area (Å²) in [7, 11) is 6.81. The zero-order chi connectivity index (χ0) is 49.0. The number of ketones is 2. The predicted octanol–water partition coefficient (Wildman–Crippen LogP) is 6.80. The Kier molecular flexibility index (Phi) is 20.3. The average molecular weight is 921 g/mol. The number of hydrogen-bond acceptors (Lipinski definition) is 10. The van der Waals surface area contributed by atoms with E-state index in [1.807, 2.05) is 78.9 Å². The van der Waals surface area contributed by atoms with Gasteiger partial charge in [0.25, 0.3) is 11.8 Å². The number of Topliss-reactive ketones (excluding diaryl/α,β-unsaturated/α-hetero) is 2. The third-order valence-corrected chi connectivity index (χ3v) is 15.1. The van der Waals surface area contributed by atoms with E-state index in [2.05, 4.69) is 4.90 Å². The average Bonchev–Trinajstić information content (AvgIpc) is 3.65. The fraction of sp³-hybridized carbons (Fsp3) is 0.712. The van der Waals surface area contributed by atoms with Crippen LogP contribution in [0, 0.1) is 35.0 Å². The third kappa shape index (κ3) is 13.0. The number of hydrogen-bond donors (Lipinski definition) is 1. The van der Waals surface area contributed by atoms with E-state index >= 15 is 0 Å². The Labute approximate surface area is 394 Å². The van der Waals surface area contributed by atoms with Gasteiger partial charge >= 0.3 is 5.97 Å². The number of amides is 4. The van der Waals surface area contributed by atoms with Crippen LogP contribution >= 0.6 is 0 Å². The molecule has 2 fully saturated rings. The molecule has 14 nitrogen and oxygen atoms in total. The van der Waals surface area contributed by atoms with Crippen molar-refractivity contribution >= 4 is 41.2 Å². The van der Waals surface area contributed by atoms with Crippen molar-refractivity contribution in [3.8, 4) is 0 Å². The van der Waals surface area contributed by atoms with Gasteiger partial charge in [-0.15, -0.1) is 0 Å². The molecule has 1 N–H and O–H groups in total. The van der Waals surface area contributed by atoms with Crippen LogP contribution in [0.15, 0.2) is 42.5 Å². The molecule has 3 aliphatic rings. The van der Waals surface area contributed by atoms with Crippen LogP contribution < -0.4 is 0 Å². The van der Waals surface area contributed by atoms with Crippen molar-refractivity contribution in [1.82, 2.24) is 19.6 Å². The molecule has 10 atom stereocenters. The minimum absolute atomic E-state index is 0.00350. The number of imide groups is 1. The topological polar surface area (TPSA) is 171 Å². The summed E-state index contributed by atoms with van der Waals surface area (Å²) in [5.41, 5.74) is -0.250. The van der Waals surface area contributed by atoms with Gasteiger partial charge in [0, 0.05) is 77.1 Å². The quantitative estimate of drug-likeness (QED) is 0.0663. The fourth-order valence-corrected chi connectivity index (χ4v) is 10.9. The van der Waals surface area contributed by atoms with Crippen LogP contribution in [-0.2, 0) is 43.0 Å². The van der Waals surface area contributed by atoms with E-state index < -0.39 is 47.5 Å². The van der Waals surface area contributed by atoms with Crippen molar-refractivity contribution in [2.45, 2.75) is 155 Å². The molecule has 1 saturated heterocycles. The van der Waals surface area contributed by atoms with Gasteiger partial charge < -0.3 is 24.4 Å². The number of carbonyl (C=O) groups excluding carboxylic acids is 6. The lowest BCUT2D eigenvalue weighted by Gasteiger charge is -2.41. The highest BCUT2D eigenvalue weighted by Crippen LogP contribution is 2.62. The zero-order valence-electron chi connectivity index (χ0n) is 41.7. The summed E-state index contributed by atoms with van der Waals surface area (Å²) in [5, 5.41) is 10.3. The highest BCUT2D eigenvalue weighted by Gasteiger charge is 2.62. The van der Waals surface area contributed by atoms with Crippen LogP contribution in [0.1, 0.15) is 131 Å². The van der Waals surface area contributed by atoms with Gasteiger partial charge in [-0.05, 0) is 69.0 Å². The monoisotopic (exact) mass is 921 g/mol. The maximum Gasteiger partial charge on any atom is 0.310 e. The standard InChI is InChI=1S/C52H80N4O10/c1-12-35(6)48(54(9)50(62)38(33(2)3)29-41(57)47(34(4)5)53(8)26-18-13-14-19-27-56-44(59)24-25-45(56)60)43(65-10)30-46(61)55-28-20-23-40(55)49(66-11)36(7)42(58)32-52(51(63)64)31-39(52)37-21-16-15-17-22-37/h15-17,21-22,24-25,33-36,38-40,43,47-49H,12-14,18-20,23,26-32H2,1-11H3,(H,63,64)/t35-,36-,38-,39+,40-,43+,47-,48-,49+,52-/m0/s1. The first kappa shape index (κ1) is 54.3. The molecule has 4 rings (SSSR count). The number of benzene rings is 1. The molecule has 0 radical (unpaired) electrons. The highest BCUT2D eigenvalue weighted by molar-refractivity contribution is 6.12. The normalized spacial score (nSPS) is 22.7. The highest BCUT2D eigenvalue weighted by atomic mass is 16.5. The number of methoxy groups -OCH3 is 2. The number of carboxylic acid groups (broad SMARTS) is 1. The number of likely N-dealkylation sites (tertiary alicyclic amines) is 1. The summed E-state index contributed by atoms with van der Waals surface area (Å²) in [6, 6.07) is 8.19. The Bertz CT molecular complexity index is 1850.